The Hall–Kier alpha value is -7.42. The molecule has 784 valence electrons. The lowest BCUT2D eigenvalue weighted by Gasteiger charge is -2.40. The molecule has 7 saturated carbocycles. The van der Waals surface area contributed by atoms with Crippen molar-refractivity contribution in [2.75, 3.05) is 194 Å². The summed E-state index contributed by atoms with van der Waals surface area (Å²) >= 11 is 0. The van der Waals surface area contributed by atoms with E-state index in [-0.39, 0.29) is 36.1 Å². The van der Waals surface area contributed by atoms with Gasteiger partial charge in [0, 0.05) is 121 Å². The summed E-state index contributed by atoms with van der Waals surface area (Å²) in [6.45, 7) is -22.1. The number of nitrogens with zero attached hydrogens (tertiary/aromatic N) is 7. The van der Waals surface area contributed by atoms with Crippen LogP contribution in [0.4, 0.5) is 0 Å². The second-order valence-corrected chi connectivity index (χ2v) is 40.5. The van der Waals surface area contributed by atoms with Crippen LogP contribution in [0.3, 0.4) is 0 Å². The first-order chi connectivity index (χ1) is 76.8. The first kappa shape index (κ1) is 84.7. The fourth-order valence-electron chi connectivity index (χ4n) is 21.5. The summed E-state index contributed by atoms with van der Waals surface area (Å²) in [5.74, 6) is 0.327. The lowest BCUT2D eigenvalue weighted by Crippen LogP contribution is -2.42. The Kier molecular flexibility index (Phi) is 35.5. The number of hydrogen-bond donors (Lipinski definition) is 7. The molecule has 21 heteroatoms. The van der Waals surface area contributed by atoms with Crippen LogP contribution in [0.2, 0.25) is 0 Å². The van der Waals surface area contributed by atoms with Crippen molar-refractivity contribution in [2.24, 2.45) is 0 Å². The van der Waals surface area contributed by atoms with Gasteiger partial charge in [-0.15, -0.1) is 0 Å². The Balaban J connectivity index is 0.000000233. The zero-order valence-corrected chi connectivity index (χ0v) is 86.8. The molecule has 0 bridgehead atoms. The standard InChI is InChI=1S/7C17H27NO2/c7*1-18(2)13-16(17(19)11-5-4-6-12-17)14-7-9-15(20-3)10-8-14/h7*7-10,16,19H,4-6,11-13H2,1-3H3/i1D3,2D3,13D2;1D3,13D2;1D3,2D3;16D;13D2;1D3;. The highest BCUT2D eigenvalue weighted by Gasteiger charge is 2.46. The summed E-state index contributed by atoms with van der Waals surface area (Å²) in [6.07, 6.45) is 28.7. The minimum Gasteiger partial charge on any atom is -0.497 e. The van der Waals surface area contributed by atoms with Gasteiger partial charge in [0.15, 0.2) is 0 Å². The Morgan fingerprint density at radius 1 is 0.214 bits per heavy atom. The molecular formula is C119H189N7O14. The molecule has 0 amide bonds. The molecule has 7 N–H and O–H groups in total. The van der Waals surface area contributed by atoms with Crippen molar-refractivity contribution in [1.29, 1.82) is 0 Å². The van der Waals surface area contributed by atoms with Gasteiger partial charge >= 0.3 is 0 Å². The molecule has 7 fully saturated rings. The third kappa shape index (κ3) is 36.7. The quantitative estimate of drug-likeness (QED) is 0.0196. The number of hydrogen-bond acceptors (Lipinski definition) is 21. The molecule has 0 aromatic heterocycles. The first-order valence-electron chi connectivity index (χ1n) is 63.3. The van der Waals surface area contributed by atoms with Crippen molar-refractivity contribution >= 4 is 0 Å². The first-order valence-corrected chi connectivity index (χ1v) is 50.8. The smallest absolute Gasteiger partial charge is 0.118 e. The molecule has 0 heterocycles. The number of likely N-dealkylation sites (N-methyl/N-ethyl adjacent to an activating group) is 7. The highest BCUT2D eigenvalue weighted by molar-refractivity contribution is 5.38. The van der Waals surface area contributed by atoms with Crippen molar-refractivity contribution in [3.05, 3.63) is 209 Å². The Morgan fingerprint density at radius 2 is 0.386 bits per heavy atom. The van der Waals surface area contributed by atoms with E-state index >= 15 is 0 Å². The van der Waals surface area contributed by atoms with E-state index in [9.17, 15) is 35.7 Å². The summed E-state index contributed by atoms with van der Waals surface area (Å²) in [5.41, 5.74) is -1.84. The van der Waals surface area contributed by atoms with Gasteiger partial charge in [0.1, 0.15) is 40.2 Å². The van der Waals surface area contributed by atoms with Crippen molar-refractivity contribution in [1.82, 2.24) is 34.3 Å². The van der Waals surface area contributed by atoms with Crippen LogP contribution in [0.15, 0.2) is 170 Å². The number of benzene rings is 7. The van der Waals surface area contributed by atoms with Crippen LogP contribution in [0.25, 0.3) is 0 Å². The van der Waals surface area contributed by atoms with Gasteiger partial charge in [-0.1, -0.05) is 220 Å². The average molecular weight is 1970 g/mol. The molecule has 7 aromatic rings. The van der Waals surface area contributed by atoms with Crippen LogP contribution >= 0.6 is 0 Å². The van der Waals surface area contributed by atoms with E-state index in [0.717, 1.165) is 192 Å². The Bertz CT molecular complexity index is 5520. The number of methoxy groups -OCH3 is 7. The predicted octanol–water partition coefficient (Wildman–Crippen LogP) is 21.2. The van der Waals surface area contributed by atoms with E-state index in [1.54, 1.807) is 141 Å². The summed E-state index contributed by atoms with van der Waals surface area (Å²) in [5, 5.41) is 78.6. The van der Waals surface area contributed by atoms with Crippen molar-refractivity contribution < 1.29 is 103 Å². The van der Waals surface area contributed by atoms with E-state index in [1.165, 1.54) is 31.0 Å². The Labute approximate surface area is 882 Å². The van der Waals surface area contributed by atoms with Crippen LogP contribution in [0, 0.1) is 0 Å². The predicted molar refractivity (Wildman–Crippen MR) is 576 cm³/mol. The van der Waals surface area contributed by atoms with Crippen LogP contribution in [-0.4, -0.2) is 303 Å². The molecule has 7 aliphatic carbocycles. The van der Waals surface area contributed by atoms with Crippen LogP contribution in [-0.2, 0) is 0 Å². The lowest BCUT2D eigenvalue weighted by atomic mass is 9.72. The van der Waals surface area contributed by atoms with Gasteiger partial charge in [-0.2, -0.15) is 0 Å². The normalized spacial score (nSPS) is 23.6. The number of aliphatic hydroxyl groups is 7. The van der Waals surface area contributed by atoms with Crippen molar-refractivity contribution in [3.8, 4) is 40.2 Å². The van der Waals surface area contributed by atoms with Crippen molar-refractivity contribution in [3.63, 3.8) is 0 Å². The van der Waals surface area contributed by atoms with E-state index < -0.39 is 130 Å². The third-order valence-electron chi connectivity index (χ3n) is 29.3. The monoisotopic (exact) mass is 1970 g/mol. The molecule has 7 aliphatic rings. The second kappa shape index (κ2) is 58.7. The Morgan fingerprint density at radius 3 is 0.586 bits per heavy atom. The molecular weight excluding hydrogens is 1750 g/mol. The van der Waals surface area contributed by atoms with Crippen LogP contribution in [0.1, 0.15) is 339 Å². The molecule has 21 nitrogen and oxygen atoms in total. The average Bonchev–Trinajstić information content (AvgIpc) is 0.726. The minimum absolute atomic E-state index is 0.0610. The molecule has 0 aliphatic heterocycles. The summed E-state index contributed by atoms with van der Waals surface area (Å²) in [4.78, 5) is 8.31. The topological polar surface area (TPSA) is 229 Å². The van der Waals surface area contributed by atoms with Gasteiger partial charge in [0.2, 0.25) is 0 Å². The van der Waals surface area contributed by atoms with Gasteiger partial charge < -0.3 is 103 Å². The maximum Gasteiger partial charge on any atom is 0.118 e. The fourth-order valence-corrected chi connectivity index (χ4v) is 21.5. The maximum atomic E-state index is 11.4. The zero-order valence-electron chi connectivity index (χ0n) is 112. The molecule has 14 rings (SSSR count). The van der Waals surface area contributed by atoms with Gasteiger partial charge in [-0.25, -0.2) is 0 Å². The van der Waals surface area contributed by atoms with Crippen LogP contribution < -0.4 is 33.2 Å². The SMILES string of the molecule is COc1ccc(C(CN(C)C)C2(O)CCCCC2)cc1.[2H]C(CN(C)C)(c1ccc(OC)cc1)C1(O)CCCCC1.[2H]C([2H])(C(c1ccc(OC)cc1)C1(O)CCCCC1)N(C)C.[2H]C([2H])([2H])N(C([2H])([2H])[2H])C([2H])([2H])C(c1ccc(OC)cc1)C1(O)CCCCC1.[2H]C([2H])([2H])N(C)C([2H])([2H])C(c1ccc(OC)cc1)C1(O)CCCCC1.[2H]C([2H])([2H])N(C)CC(c1ccc(OC)cc1)C1(O)CCCCC1.[2H]C([2H])([2H])N(CC(c1ccc(OC)cc1)C1(O)CCCCC1)C([2H])([2H])[2H]. The van der Waals surface area contributed by atoms with E-state index in [2.05, 4.69) is 31.1 Å². The summed E-state index contributed by atoms with van der Waals surface area (Å²) in [6, 6.07) is 50.9. The van der Waals surface area contributed by atoms with Crippen molar-refractivity contribution in [2.45, 2.75) is 305 Å². The lowest BCUT2D eigenvalue weighted by molar-refractivity contribution is -0.0280. The molecule has 7 atom stereocenters. The minimum atomic E-state index is -3.22. The van der Waals surface area contributed by atoms with Gasteiger partial charge in [0.25, 0.3) is 0 Å². The van der Waals surface area contributed by atoms with Gasteiger partial charge in [-0.05, 0) is 312 Å². The zero-order chi connectivity index (χ0) is 123. The number of rotatable bonds is 35. The molecule has 0 spiro atoms. The summed E-state index contributed by atoms with van der Waals surface area (Å²) in [7, 11) is 25.5. The molecule has 7 aromatic carbocycles. The third-order valence-corrected chi connectivity index (χ3v) is 29.3. The second-order valence-electron chi connectivity index (χ2n) is 40.5. The fraction of sp³-hybridized carbons (Fsp3) is 0.647. The molecule has 7 unspecified atom stereocenters. The summed E-state index contributed by atoms with van der Waals surface area (Å²) < 4.78 is 234. The largest absolute Gasteiger partial charge is 0.497 e. The highest BCUT2D eigenvalue weighted by atomic mass is 16.5. The van der Waals surface area contributed by atoms with E-state index in [4.69, 9.17) is 67.4 Å². The van der Waals surface area contributed by atoms with E-state index in [1.807, 2.05) is 104 Å². The van der Waals surface area contributed by atoms with Gasteiger partial charge in [0.05, 0.1) is 89.0 Å². The number of ether oxygens (including phenoxy) is 7. The van der Waals surface area contributed by atoms with Gasteiger partial charge in [-0.3, -0.25) is 0 Å². The van der Waals surface area contributed by atoms with Crippen LogP contribution in [0.5, 0.6) is 40.2 Å². The molecule has 140 heavy (non-hydrogen) atoms. The maximum absolute atomic E-state index is 11.4. The highest BCUT2D eigenvalue weighted by Crippen LogP contribution is 2.49. The van der Waals surface area contributed by atoms with E-state index in [0.29, 0.717) is 116 Å². The molecule has 0 saturated heterocycles. The molecule has 0 radical (unpaired) electrons.